The number of carboxylic acids is 1. The third-order valence-electron chi connectivity index (χ3n) is 12.9. The highest BCUT2D eigenvalue weighted by Crippen LogP contribution is 2.69. The normalized spacial score (nSPS) is 42.4. The third-order valence-corrected chi connectivity index (χ3v) is 12.9. The van der Waals surface area contributed by atoms with Crippen molar-refractivity contribution in [3.05, 3.63) is 47.5 Å². The summed E-state index contributed by atoms with van der Waals surface area (Å²) in [6.45, 7) is 9.70. The van der Waals surface area contributed by atoms with Crippen LogP contribution in [0.2, 0.25) is 0 Å². The van der Waals surface area contributed by atoms with Crippen LogP contribution >= 0.6 is 0 Å². The lowest BCUT2D eigenvalue weighted by molar-refractivity contribution is -0.203. The quantitative estimate of drug-likeness (QED) is 0.376. The van der Waals surface area contributed by atoms with E-state index in [4.69, 9.17) is 0 Å². The van der Waals surface area contributed by atoms with Crippen molar-refractivity contribution in [3.8, 4) is 0 Å². The van der Waals surface area contributed by atoms with Gasteiger partial charge >= 0.3 is 5.97 Å². The maximum absolute atomic E-state index is 12.0. The summed E-state index contributed by atoms with van der Waals surface area (Å²) in [5.41, 5.74) is 2.08. The summed E-state index contributed by atoms with van der Waals surface area (Å²) in [6.07, 6.45) is 9.28. The minimum absolute atomic E-state index is 0.201. The Morgan fingerprint density at radius 2 is 1.72 bits per heavy atom. The van der Waals surface area contributed by atoms with E-state index in [0.29, 0.717) is 47.0 Å². The van der Waals surface area contributed by atoms with Crippen LogP contribution in [0.4, 0.5) is 0 Å². The van der Waals surface area contributed by atoms with Crippen molar-refractivity contribution in [1.29, 1.82) is 0 Å². The van der Waals surface area contributed by atoms with Crippen molar-refractivity contribution in [2.45, 2.75) is 97.7 Å². The molecule has 3 unspecified atom stereocenters. The summed E-state index contributed by atoms with van der Waals surface area (Å²) in [5.74, 6) is 2.48. The summed E-state index contributed by atoms with van der Waals surface area (Å²) in [6, 6.07) is 11.9. The van der Waals surface area contributed by atoms with Crippen LogP contribution in [-0.2, 0) is 6.42 Å². The number of carbonyl (C=O) groups is 1. The molecule has 4 aliphatic carbocycles. The molecule has 3 N–H and O–H groups in total. The van der Waals surface area contributed by atoms with Gasteiger partial charge in [-0.05, 0) is 126 Å². The molecule has 0 amide bonds. The number of carboxylic acid groups (broad SMARTS) is 1. The number of benzene rings is 2. The average molecular weight is 533 g/mol. The van der Waals surface area contributed by atoms with Crippen LogP contribution in [0, 0.1) is 52.3 Å². The van der Waals surface area contributed by atoms with E-state index < -0.39 is 5.97 Å². The van der Waals surface area contributed by atoms with Gasteiger partial charge in [-0.25, -0.2) is 4.79 Å². The van der Waals surface area contributed by atoms with Crippen LogP contribution in [0.5, 0.6) is 0 Å². The molecule has 4 nitrogen and oxygen atoms in total. The van der Waals surface area contributed by atoms with E-state index in [2.05, 4.69) is 45.9 Å². The van der Waals surface area contributed by atoms with Gasteiger partial charge in [0.2, 0.25) is 0 Å². The summed E-state index contributed by atoms with van der Waals surface area (Å²) < 4.78 is 0. The molecule has 0 heterocycles. The van der Waals surface area contributed by atoms with Gasteiger partial charge in [0.05, 0.1) is 17.8 Å². The lowest BCUT2D eigenvalue weighted by Gasteiger charge is -2.64. The Bertz CT molecular complexity index is 1240. The molecule has 6 rings (SSSR count). The Morgan fingerprint density at radius 3 is 2.46 bits per heavy atom. The van der Waals surface area contributed by atoms with E-state index in [1.807, 2.05) is 12.1 Å². The first-order valence-corrected chi connectivity index (χ1v) is 15.7. The van der Waals surface area contributed by atoms with Crippen molar-refractivity contribution < 1.29 is 20.1 Å². The molecule has 11 atom stereocenters. The topological polar surface area (TPSA) is 77.8 Å². The van der Waals surface area contributed by atoms with Crippen molar-refractivity contribution in [2.75, 3.05) is 0 Å². The van der Waals surface area contributed by atoms with Gasteiger partial charge in [0.1, 0.15) is 0 Å². The van der Waals surface area contributed by atoms with Crippen LogP contribution in [0.25, 0.3) is 10.8 Å². The monoisotopic (exact) mass is 532 g/mol. The second-order valence-electron chi connectivity index (χ2n) is 14.5. The van der Waals surface area contributed by atoms with Crippen LogP contribution in [0.3, 0.4) is 0 Å². The lowest BCUT2D eigenvalue weighted by Crippen LogP contribution is -2.62. The van der Waals surface area contributed by atoms with E-state index in [1.165, 1.54) is 31.2 Å². The van der Waals surface area contributed by atoms with Gasteiger partial charge in [-0.2, -0.15) is 0 Å². The zero-order valence-electron chi connectivity index (χ0n) is 24.3. The van der Waals surface area contributed by atoms with Gasteiger partial charge in [-0.3, -0.25) is 0 Å². The fraction of sp³-hybridized carbons (Fsp3) is 0.686. The Balaban J connectivity index is 1.26. The third kappa shape index (κ3) is 4.19. The Morgan fingerprint density at radius 1 is 0.974 bits per heavy atom. The predicted molar refractivity (Wildman–Crippen MR) is 156 cm³/mol. The van der Waals surface area contributed by atoms with Gasteiger partial charge in [0.25, 0.3) is 0 Å². The van der Waals surface area contributed by atoms with Gasteiger partial charge in [-0.1, -0.05) is 64.4 Å². The predicted octanol–water partition coefficient (Wildman–Crippen LogP) is 7.34. The van der Waals surface area contributed by atoms with E-state index >= 15 is 0 Å². The highest BCUT2D eigenvalue weighted by atomic mass is 16.4. The van der Waals surface area contributed by atoms with Crippen molar-refractivity contribution >= 4 is 16.7 Å². The number of aromatic carboxylic acids is 1. The Hall–Kier alpha value is -1.91. The maximum Gasteiger partial charge on any atom is 0.336 e. The summed E-state index contributed by atoms with van der Waals surface area (Å²) >= 11 is 0. The Kier molecular flexibility index (Phi) is 6.90. The molecule has 0 aromatic heterocycles. The summed E-state index contributed by atoms with van der Waals surface area (Å²) in [5, 5.41) is 34.1. The molecule has 4 aliphatic rings. The van der Waals surface area contributed by atoms with E-state index in [0.717, 1.165) is 42.9 Å². The molecular weight excluding hydrogens is 484 g/mol. The summed E-state index contributed by atoms with van der Waals surface area (Å²) in [7, 11) is 0. The molecule has 2 aromatic rings. The summed E-state index contributed by atoms with van der Waals surface area (Å²) in [4.78, 5) is 11.8. The van der Waals surface area contributed by atoms with Crippen molar-refractivity contribution in [1.82, 2.24) is 0 Å². The molecule has 212 valence electrons. The molecule has 0 aliphatic heterocycles. The largest absolute Gasteiger partial charge is 0.478 e. The zero-order chi connectivity index (χ0) is 27.7. The Labute approximate surface area is 234 Å². The molecule has 4 saturated carbocycles. The number of hydrogen-bond donors (Lipinski definition) is 3. The van der Waals surface area contributed by atoms with Crippen LogP contribution in [0.1, 0.15) is 95.0 Å². The minimum atomic E-state index is -0.867. The van der Waals surface area contributed by atoms with E-state index in [-0.39, 0.29) is 23.0 Å². The van der Waals surface area contributed by atoms with Crippen molar-refractivity contribution in [3.63, 3.8) is 0 Å². The standard InChI is InChI=1S/C35H48O4/c1-5-24-30-19-23(36)13-15-35(30,4)29-14-16-34(3)27(11-12-28(34)31(29)32(24)37)20(2)17-21-9-10-22-7-6-8-25(33(38)39)26(22)18-21/h6-10,18,20,23-24,27-32,36-37H,5,11-17,19H2,1-4H3,(H,38,39)/t20-,23-,24-,27-,28?,29?,30+,31?,32-,34-,35-/m1/s1. The van der Waals surface area contributed by atoms with E-state index in [9.17, 15) is 20.1 Å². The number of aliphatic hydroxyl groups is 2. The van der Waals surface area contributed by atoms with Crippen LogP contribution in [-0.4, -0.2) is 33.5 Å². The highest BCUT2D eigenvalue weighted by molar-refractivity contribution is 6.03. The molecule has 0 saturated heterocycles. The maximum atomic E-state index is 12.0. The number of rotatable bonds is 5. The van der Waals surface area contributed by atoms with Gasteiger partial charge in [-0.15, -0.1) is 0 Å². The number of aliphatic hydroxyl groups excluding tert-OH is 2. The first kappa shape index (κ1) is 27.3. The van der Waals surface area contributed by atoms with Gasteiger partial charge in [0, 0.05) is 0 Å². The SMILES string of the molecule is CC[C@H]1[C@@H](O)C2C3CC[C@H]([C@H](C)Cc4ccc5cccc(C(=O)O)c5c4)[C@@]3(C)CCC2[C@@]2(C)CC[C@@H](O)C[C@@H]12. The fourth-order valence-corrected chi connectivity index (χ4v) is 11.1. The molecule has 0 bridgehead atoms. The van der Waals surface area contributed by atoms with E-state index in [1.54, 1.807) is 6.07 Å². The van der Waals surface area contributed by atoms with Crippen LogP contribution in [0.15, 0.2) is 36.4 Å². The second-order valence-corrected chi connectivity index (χ2v) is 14.5. The fourth-order valence-electron chi connectivity index (χ4n) is 11.1. The zero-order valence-corrected chi connectivity index (χ0v) is 24.3. The molecule has 4 heteroatoms. The molecule has 0 radical (unpaired) electrons. The average Bonchev–Trinajstić information content (AvgIpc) is 3.26. The first-order chi connectivity index (χ1) is 18.6. The number of fused-ring (bicyclic) bond motifs is 6. The van der Waals surface area contributed by atoms with Crippen LogP contribution < -0.4 is 0 Å². The smallest absolute Gasteiger partial charge is 0.336 e. The second kappa shape index (κ2) is 9.87. The minimum Gasteiger partial charge on any atom is -0.478 e. The first-order valence-electron chi connectivity index (χ1n) is 15.7. The molecular formula is C35H48O4. The number of hydrogen-bond acceptors (Lipinski definition) is 3. The van der Waals surface area contributed by atoms with Gasteiger partial charge < -0.3 is 15.3 Å². The van der Waals surface area contributed by atoms with Crippen molar-refractivity contribution in [2.24, 2.45) is 52.3 Å². The molecule has 2 aromatic carbocycles. The molecule has 4 fully saturated rings. The molecule has 39 heavy (non-hydrogen) atoms. The lowest BCUT2D eigenvalue weighted by atomic mass is 9.41. The van der Waals surface area contributed by atoms with Gasteiger partial charge in [0.15, 0.2) is 0 Å². The highest BCUT2D eigenvalue weighted by Gasteiger charge is 2.64. The molecule has 0 spiro atoms.